The maximum absolute atomic E-state index is 11.8. The maximum atomic E-state index is 11.8. The molecule has 0 radical (unpaired) electrons. The molecule has 8 nitrogen and oxygen atoms in total. The largest absolute Gasteiger partial charge is 0.369 e. The van der Waals surface area contributed by atoms with Gasteiger partial charge >= 0.3 is 5.69 Å². The topological polar surface area (TPSA) is 97.3 Å². The summed E-state index contributed by atoms with van der Waals surface area (Å²) in [6, 6.07) is 6.77. The normalized spacial score (nSPS) is 17.1. The Labute approximate surface area is 170 Å². The Morgan fingerprint density at radius 1 is 1.29 bits per heavy atom. The number of aromatic nitrogens is 2. The third-order valence-corrected chi connectivity index (χ3v) is 5.71. The van der Waals surface area contributed by atoms with Crippen LogP contribution in [0, 0.1) is 16.0 Å². The van der Waals surface area contributed by atoms with E-state index >= 15 is 0 Å². The summed E-state index contributed by atoms with van der Waals surface area (Å²) in [5, 5.41) is 23.2. The van der Waals surface area contributed by atoms with E-state index in [9.17, 15) is 10.1 Å². The molecule has 28 heavy (non-hydrogen) atoms. The standard InChI is InChI=1S/C18H17Cl2N5O3/c1-10-4-3-7-24(9-10)14-8-13(21-12-6-2-5-11(19)15(12)20)18(25(26)27)17-16(14)22-28-23-17/h2,5-6,8,10,21H,3-4,7,9H2,1H3. The number of nitro benzene ring substituents is 1. The lowest BCUT2D eigenvalue weighted by Crippen LogP contribution is -2.34. The highest BCUT2D eigenvalue weighted by atomic mass is 35.5. The zero-order valence-electron chi connectivity index (χ0n) is 15.0. The number of anilines is 3. The van der Waals surface area contributed by atoms with Crippen LogP contribution in [0.25, 0.3) is 11.0 Å². The fourth-order valence-electron chi connectivity index (χ4n) is 3.59. The fraction of sp³-hybridized carbons (Fsp3) is 0.333. The van der Waals surface area contributed by atoms with E-state index in [4.69, 9.17) is 27.8 Å². The van der Waals surface area contributed by atoms with Gasteiger partial charge in [-0.25, -0.2) is 4.63 Å². The van der Waals surface area contributed by atoms with Crippen molar-refractivity contribution in [1.82, 2.24) is 10.3 Å². The van der Waals surface area contributed by atoms with E-state index in [0.29, 0.717) is 22.1 Å². The molecule has 1 saturated heterocycles. The number of nitrogens with zero attached hydrogens (tertiary/aromatic N) is 4. The zero-order valence-corrected chi connectivity index (χ0v) is 16.5. The molecule has 10 heteroatoms. The highest BCUT2D eigenvalue weighted by molar-refractivity contribution is 6.43. The Bertz CT molecular complexity index is 1060. The van der Waals surface area contributed by atoms with Gasteiger partial charge in [-0.05, 0) is 47.3 Å². The number of rotatable bonds is 4. The molecule has 0 aliphatic carbocycles. The Balaban J connectivity index is 1.87. The van der Waals surface area contributed by atoms with Crippen LogP contribution < -0.4 is 10.2 Å². The Morgan fingerprint density at radius 3 is 2.82 bits per heavy atom. The van der Waals surface area contributed by atoms with Crippen molar-refractivity contribution in [2.24, 2.45) is 5.92 Å². The predicted molar refractivity (Wildman–Crippen MR) is 109 cm³/mol. The molecule has 1 aromatic heterocycles. The molecule has 1 unspecified atom stereocenters. The van der Waals surface area contributed by atoms with Crippen LogP contribution in [0.3, 0.4) is 0 Å². The second-order valence-corrected chi connectivity index (χ2v) is 7.72. The van der Waals surface area contributed by atoms with Crippen LogP contribution in [0.15, 0.2) is 28.9 Å². The van der Waals surface area contributed by atoms with Gasteiger partial charge in [0.1, 0.15) is 5.69 Å². The molecule has 2 heterocycles. The summed E-state index contributed by atoms with van der Waals surface area (Å²) < 4.78 is 4.86. The summed E-state index contributed by atoms with van der Waals surface area (Å²) in [6.07, 6.45) is 2.18. The minimum absolute atomic E-state index is 0.0985. The van der Waals surface area contributed by atoms with Crippen LogP contribution in [0.2, 0.25) is 10.0 Å². The molecule has 3 aromatic rings. The van der Waals surface area contributed by atoms with Crippen molar-refractivity contribution in [3.8, 4) is 0 Å². The van der Waals surface area contributed by atoms with E-state index in [1.807, 2.05) is 0 Å². The number of piperidine rings is 1. The minimum Gasteiger partial charge on any atom is -0.369 e. The molecule has 0 amide bonds. The number of halogens is 2. The van der Waals surface area contributed by atoms with Gasteiger partial charge in [0.05, 0.1) is 26.3 Å². The number of fused-ring (bicyclic) bond motifs is 1. The van der Waals surface area contributed by atoms with E-state index in [2.05, 4.69) is 27.5 Å². The summed E-state index contributed by atoms with van der Waals surface area (Å²) >= 11 is 12.3. The first-order chi connectivity index (χ1) is 13.5. The van der Waals surface area contributed by atoms with Gasteiger partial charge in [0.25, 0.3) is 0 Å². The lowest BCUT2D eigenvalue weighted by Gasteiger charge is -2.32. The van der Waals surface area contributed by atoms with Crippen LogP contribution in [-0.2, 0) is 0 Å². The van der Waals surface area contributed by atoms with Crippen molar-refractivity contribution < 1.29 is 9.55 Å². The van der Waals surface area contributed by atoms with Gasteiger partial charge in [0, 0.05) is 13.1 Å². The Morgan fingerprint density at radius 2 is 2.07 bits per heavy atom. The number of hydrogen-bond acceptors (Lipinski definition) is 7. The van der Waals surface area contributed by atoms with Gasteiger partial charge in [-0.2, -0.15) is 0 Å². The fourth-order valence-corrected chi connectivity index (χ4v) is 3.94. The smallest absolute Gasteiger partial charge is 0.324 e. The van der Waals surface area contributed by atoms with E-state index in [1.54, 1.807) is 24.3 Å². The predicted octanol–water partition coefficient (Wildman–Crippen LogP) is 5.42. The minimum atomic E-state index is -0.504. The maximum Gasteiger partial charge on any atom is 0.324 e. The molecular formula is C18H17Cl2N5O3. The molecule has 4 rings (SSSR count). The summed E-state index contributed by atoms with van der Waals surface area (Å²) in [4.78, 5) is 13.5. The second-order valence-electron chi connectivity index (χ2n) is 6.93. The summed E-state index contributed by atoms with van der Waals surface area (Å²) in [6.45, 7) is 3.85. The van der Waals surface area contributed by atoms with Gasteiger partial charge in [0.15, 0.2) is 5.52 Å². The highest BCUT2D eigenvalue weighted by Gasteiger charge is 2.29. The van der Waals surface area contributed by atoms with E-state index in [1.165, 1.54) is 0 Å². The van der Waals surface area contributed by atoms with Gasteiger partial charge in [-0.1, -0.05) is 36.2 Å². The van der Waals surface area contributed by atoms with Crippen LogP contribution in [-0.4, -0.2) is 28.3 Å². The van der Waals surface area contributed by atoms with E-state index in [-0.39, 0.29) is 21.9 Å². The highest BCUT2D eigenvalue weighted by Crippen LogP contribution is 2.42. The van der Waals surface area contributed by atoms with Crippen molar-refractivity contribution in [1.29, 1.82) is 0 Å². The molecule has 0 bridgehead atoms. The van der Waals surface area contributed by atoms with Crippen molar-refractivity contribution >= 4 is 57.0 Å². The average Bonchev–Trinajstić information content (AvgIpc) is 3.13. The van der Waals surface area contributed by atoms with Crippen molar-refractivity contribution in [2.75, 3.05) is 23.3 Å². The molecule has 1 fully saturated rings. The number of nitro groups is 1. The third kappa shape index (κ3) is 3.33. The molecule has 1 aliphatic rings. The molecule has 1 atom stereocenters. The first-order valence-corrected chi connectivity index (χ1v) is 9.61. The Hall–Kier alpha value is -2.58. The molecular weight excluding hydrogens is 405 g/mol. The molecule has 146 valence electrons. The number of benzene rings is 2. The summed E-state index contributed by atoms with van der Waals surface area (Å²) in [5.74, 6) is 0.512. The van der Waals surface area contributed by atoms with Crippen molar-refractivity contribution in [3.63, 3.8) is 0 Å². The van der Waals surface area contributed by atoms with Gasteiger partial charge < -0.3 is 10.2 Å². The first kappa shape index (κ1) is 18.8. The zero-order chi connectivity index (χ0) is 19.8. The van der Waals surface area contributed by atoms with E-state index in [0.717, 1.165) is 31.6 Å². The average molecular weight is 422 g/mol. The van der Waals surface area contributed by atoms with Crippen LogP contribution in [0.5, 0.6) is 0 Å². The lowest BCUT2D eigenvalue weighted by molar-refractivity contribution is -0.382. The second kappa shape index (κ2) is 7.44. The van der Waals surface area contributed by atoms with Gasteiger partial charge in [0.2, 0.25) is 5.52 Å². The quantitative estimate of drug-likeness (QED) is 0.443. The van der Waals surface area contributed by atoms with Crippen molar-refractivity contribution in [2.45, 2.75) is 19.8 Å². The lowest BCUT2D eigenvalue weighted by atomic mass is 9.99. The third-order valence-electron chi connectivity index (χ3n) is 4.89. The van der Waals surface area contributed by atoms with Gasteiger partial charge in [-0.3, -0.25) is 10.1 Å². The Kier molecular flexibility index (Phi) is 4.99. The molecule has 0 spiro atoms. The van der Waals surface area contributed by atoms with Crippen molar-refractivity contribution in [3.05, 3.63) is 44.4 Å². The van der Waals surface area contributed by atoms with Gasteiger partial charge in [-0.15, -0.1) is 0 Å². The molecule has 1 N–H and O–H groups in total. The number of hydrogen-bond donors (Lipinski definition) is 1. The van der Waals surface area contributed by atoms with E-state index < -0.39 is 4.92 Å². The summed E-state index contributed by atoms with van der Waals surface area (Å²) in [5.41, 5.74) is 1.72. The van der Waals surface area contributed by atoms with Crippen LogP contribution in [0.1, 0.15) is 19.8 Å². The summed E-state index contributed by atoms with van der Waals surface area (Å²) in [7, 11) is 0. The number of nitrogens with one attached hydrogen (secondary N) is 1. The molecule has 2 aromatic carbocycles. The molecule has 0 saturated carbocycles. The monoisotopic (exact) mass is 421 g/mol. The van der Waals surface area contributed by atoms with Crippen LogP contribution >= 0.6 is 23.2 Å². The SMILES string of the molecule is CC1CCCN(c2cc(Nc3cccc(Cl)c3Cl)c([N+](=O)[O-])c3nonc23)C1. The van der Waals surface area contributed by atoms with Crippen LogP contribution in [0.4, 0.5) is 22.7 Å². The first-order valence-electron chi connectivity index (χ1n) is 8.85. The molecule has 1 aliphatic heterocycles.